The fraction of sp³-hybridized carbons (Fsp3) is 0.200. The van der Waals surface area contributed by atoms with Crippen LogP contribution in [0, 0.1) is 0 Å². The van der Waals surface area contributed by atoms with Crippen LogP contribution >= 0.6 is 35.1 Å². The molecule has 0 aliphatic carbocycles. The fourth-order valence-electron chi connectivity index (χ4n) is 2.83. The normalized spacial score (nSPS) is 11.8. The van der Waals surface area contributed by atoms with Gasteiger partial charge in [-0.05, 0) is 23.4 Å². The number of anilines is 1. The quantitative estimate of drug-likeness (QED) is 0.386. The Bertz CT molecular complexity index is 1070. The van der Waals surface area contributed by atoms with E-state index in [-0.39, 0.29) is 24.6 Å². The first-order valence-electron chi connectivity index (χ1n) is 8.84. The molecule has 4 aromatic rings. The van der Waals surface area contributed by atoms with E-state index in [0.29, 0.717) is 24.3 Å². The number of aliphatic hydroxyl groups is 1. The first-order valence-corrected chi connectivity index (χ1v) is 10.5. The summed E-state index contributed by atoms with van der Waals surface area (Å²) >= 11 is 2.84. The van der Waals surface area contributed by atoms with Gasteiger partial charge in [0.25, 0.3) is 0 Å². The Morgan fingerprint density at radius 3 is 2.72 bits per heavy atom. The largest absolute Gasteiger partial charge is 0.388 e. The molecular weight excluding hydrogens is 428 g/mol. The molecule has 150 valence electrons. The first-order chi connectivity index (χ1) is 13.7. The van der Waals surface area contributed by atoms with Crippen molar-refractivity contribution in [2.75, 3.05) is 11.9 Å². The molecule has 1 atom stereocenters. The fourth-order valence-corrected chi connectivity index (χ4v) is 4.40. The second-order valence-electron chi connectivity index (χ2n) is 6.20. The lowest BCUT2D eigenvalue weighted by molar-refractivity contribution is 0.0997. The highest BCUT2D eigenvalue weighted by molar-refractivity contribution is 7.18. The molecule has 2 N–H and O–H groups in total. The summed E-state index contributed by atoms with van der Waals surface area (Å²) in [5, 5.41) is 16.1. The third kappa shape index (κ3) is 5.16. The molecule has 0 fully saturated rings. The number of aromatic nitrogens is 3. The Hall–Kier alpha value is -2.39. The number of fused-ring (bicyclic) bond motifs is 1. The predicted octanol–water partition coefficient (Wildman–Crippen LogP) is 4.53. The van der Waals surface area contributed by atoms with Crippen LogP contribution in [-0.2, 0) is 6.42 Å². The highest BCUT2D eigenvalue weighted by Crippen LogP contribution is 2.26. The molecule has 1 aromatic carbocycles. The lowest BCUT2D eigenvalue weighted by atomic mass is 10.1. The van der Waals surface area contributed by atoms with Crippen LogP contribution in [0.1, 0.15) is 32.8 Å². The smallest absolute Gasteiger partial charge is 0.179 e. The van der Waals surface area contributed by atoms with E-state index in [4.69, 9.17) is 0 Å². The van der Waals surface area contributed by atoms with E-state index in [1.807, 2.05) is 47.8 Å². The Kier molecular flexibility index (Phi) is 7.27. The molecule has 9 heteroatoms. The van der Waals surface area contributed by atoms with E-state index in [0.717, 1.165) is 20.3 Å². The van der Waals surface area contributed by atoms with Gasteiger partial charge in [0.2, 0.25) is 0 Å². The number of thiazole rings is 1. The molecule has 6 nitrogen and oxygen atoms in total. The number of hydrogen-bond donors (Lipinski definition) is 2. The molecule has 0 bridgehead atoms. The summed E-state index contributed by atoms with van der Waals surface area (Å²) in [6, 6.07) is 13.3. The minimum absolute atomic E-state index is 0. The summed E-state index contributed by atoms with van der Waals surface area (Å²) in [4.78, 5) is 26.9. The number of nitrogens with one attached hydrogen (secondary N) is 1. The van der Waals surface area contributed by atoms with Gasteiger partial charge in [0, 0.05) is 6.54 Å². The zero-order chi connectivity index (χ0) is 19.3. The van der Waals surface area contributed by atoms with E-state index in [1.165, 1.54) is 29.0 Å². The van der Waals surface area contributed by atoms with E-state index in [2.05, 4.69) is 20.3 Å². The van der Waals surface area contributed by atoms with E-state index >= 15 is 0 Å². The molecule has 0 radical (unpaired) electrons. The van der Waals surface area contributed by atoms with Crippen LogP contribution in [0.4, 0.5) is 5.82 Å². The van der Waals surface area contributed by atoms with Crippen molar-refractivity contribution < 1.29 is 9.90 Å². The van der Waals surface area contributed by atoms with Gasteiger partial charge in [0.15, 0.2) is 11.6 Å². The number of aliphatic hydroxyl groups excluding tert-OH is 1. The van der Waals surface area contributed by atoms with Crippen LogP contribution in [0.15, 0.2) is 54.2 Å². The standard InChI is InChI=1S/C20H18N4O2S2.ClH/c25-14(13-5-2-1-3-6-13)8-9-21-19-18-20(23-12-22-19)28-17(24-18)11-15(26)16-7-4-10-27-16;/h1-7,10,12,14,25H,8-9,11H2,(H,21,22,23);1H. The third-order valence-corrected chi connectivity index (χ3v) is 6.12. The molecule has 3 aromatic heterocycles. The predicted molar refractivity (Wildman–Crippen MR) is 119 cm³/mol. The molecule has 29 heavy (non-hydrogen) atoms. The van der Waals surface area contributed by atoms with Crippen molar-refractivity contribution in [3.05, 3.63) is 69.6 Å². The summed E-state index contributed by atoms with van der Waals surface area (Å²) in [6.07, 6.45) is 1.75. The SMILES string of the molecule is Cl.O=C(Cc1nc2c(NCCC(O)c3ccccc3)ncnc2s1)c1cccs1. The van der Waals surface area contributed by atoms with Crippen molar-refractivity contribution >= 4 is 57.0 Å². The third-order valence-electron chi connectivity index (χ3n) is 4.24. The van der Waals surface area contributed by atoms with Crippen molar-refractivity contribution in [3.63, 3.8) is 0 Å². The number of halogens is 1. The highest BCUT2D eigenvalue weighted by atomic mass is 35.5. The number of Topliss-reactive ketones (excluding diaryl/α,β-unsaturated/α-hetero) is 1. The topological polar surface area (TPSA) is 88.0 Å². The lowest BCUT2D eigenvalue weighted by Crippen LogP contribution is -2.09. The molecule has 0 amide bonds. The Balaban J connectivity index is 0.00000240. The van der Waals surface area contributed by atoms with Gasteiger partial charge in [-0.2, -0.15) is 0 Å². The minimum atomic E-state index is -0.541. The zero-order valence-corrected chi connectivity index (χ0v) is 17.8. The summed E-state index contributed by atoms with van der Waals surface area (Å²) in [7, 11) is 0. The van der Waals surface area contributed by atoms with Crippen LogP contribution in [0.2, 0.25) is 0 Å². The van der Waals surface area contributed by atoms with Gasteiger partial charge in [-0.15, -0.1) is 23.7 Å². The average Bonchev–Trinajstić information content (AvgIpc) is 3.38. The van der Waals surface area contributed by atoms with Crippen LogP contribution in [0.25, 0.3) is 10.3 Å². The summed E-state index contributed by atoms with van der Waals surface area (Å²) < 4.78 is 0. The molecule has 3 heterocycles. The number of rotatable bonds is 8. The van der Waals surface area contributed by atoms with Gasteiger partial charge in [0.1, 0.15) is 21.7 Å². The van der Waals surface area contributed by atoms with Gasteiger partial charge < -0.3 is 10.4 Å². The number of benzene rings is 1. The number of ketones is 1. The van der Waals surface area contributed by atoms with Gasteiger partial charge in [-0.1, -0.05) is 47.7 Å². The van der Waals surface area contributed by atoms with E-state index < -0.39 is 6.10 Å². The minimum Gasteiger partial charge on any atom is -0.388 e. The van der Waals surface area contributed by atoms with Gasteiger partial charge >= 0.3 is 0 Å². The van der Waals surface area contributed by atoms with Crippen molar-refractivity contribution in [3.8, 4) is 0 Å². The lowest BCUT2D eigenvalue weighted by Gasteiger charge is -2.11. The van der Waals surface area contributed by atoms with Gasteiger partial charge in [-0.25, -0.2) is 15.0 Å². The molecular formula is C20H19ClN4O2S2. The maximum absolute atomic E-state index is 12.3. The zero-order valence-electron chi connectivity index (χ0n) is 15.3. The van der Waals surface area contributed by atoms with Crippen LogP contribution in [0.5, 0.6) is 0 Å². The molecule has 0 spiro atoms. The van der Waals surface area contributed by atoms with Gasteiger partial charge in [0.05, 0.1) is 17.4 Å². The molecule has 0 saturated heterocycles. The maximum Gasteiger partial charge on any atom is 0.179 e. The molecule has 4 rings (SSSR count). The second kappa shape index (κ2) is 9.89. The molecule has 1 unspecified atom stereocenters. The summed E-state index contributed by atoms with van der Waals surface area (Å²) in [6.45, 7) is 0.545. The Morgan fingerprint density at radius 2 is 1.97 bits per heavy atom. The van der Waals surface area contributed by atoms with Crippen LogP contribution in [-0.4, -0.2) is 32.4 Å². The molecule has 0 saturated carbocycles. The first kappa shape index (κ1) is 21.3. The maximum atomic E-state index is 12.3. The van der Waals surface area contributed by atoms with E-state index in [9.17, 15) is 9.90 Å². The molecule has 0 aliphatic heterocycles. The van der Waals surface area contributed by atoms with Crippen molar-refractivity contribution in [2.24, 2.45) is 0 Å². The van der Waals surface area contributed by atoms with Crippen molar-refractivity contribution in [2.45, 2.75) is 18.9 Å². The second-order valence-corrected chi connectivity index (χ2v) is 8.21. The summed E-state index contributed by atoms with van der Waals surface area (Å²) in [5.74, 6) is 0.679. The average molecular weight is 447 g/mol. The van der Waals surface area contributed by atoms with Crippen molar-refractivity contribution in [1.29, 1.82) is 0 Å². The number of carbonyl (C=O) groups is 1. The number of carbonyl (C=O) groups excluding carboxylic acids is 1. The van der Waals surface area contributed by atoms with Crippen molar-refractivity contribution in [1.82, 2.24) is 15.0 Å². The Morgan fingerprint density at radius 1 is 1.14 bits per heavy atom. The van der Waals surface area contributed by atoms with E-state index in [1.54, 1.807) is 0 Å². The highest BCUT2D eigenvalue weighted by Gasteiger charge is 2.15. The number of thiophene rings is 1. The Labute approximate surface area is 182 Å². The number of nitrogens with zero attached hydrogens (tertiary/aromatic N) is 3. The summed E-state index contributed by atoms with van der Waals surface area (Å²) in [5.41, 5.74) is 1.55. The molecule has 0 aliphatic rings. The van der Waals surface area contributed by atoms with Crippen LogP contribution in [0.3, 0.4) is 0 Å². The van der Waals surface area contributed by atoms with Gasteiger partial charge in [-0.3, -0.25) is 4.79 Å². The number of hydrogen-bond acceptors (Lipinski definition) is 8. The monoisotopic (exact) mass is 446 g/mol. The van der Waals surface area contributed by atoms with Crippen LogP contribution < -0.4 is 5.32 Å².